The van der Waals surface area contributed by atoms with E-state index in [0.717, 1.165) is 5.56 Å². The lowest BCUT2D eigenvalue weighted by Crippen LogP contribution is -2.46. The van der Waals surface area contributed by atoms with Gasteiger partial charge in [0.25, 0.3) is 0 Å². The summed E-state index contributed by atoms with van der Waals surface area (Å²) in [7, 11) is 3.02. The molecule has 0 radical (unpaired) electrons. The minimum Gasteiger partial charge on any atom is -0.493 e. The summed E-state index contributed by atoms with van der Waals surface area (Å²) in [6.07, 6.45) is -0.0195. The molecule has 0 aliphatic heterocycles. The van der Waals surface area contributed by atoms with E-state index in [1.807, 2.05) is 0 Å². The lowest BCUT2D eigenvalue weighted by Gasteiger charge is -2.15. The topological polar surface area (TPSA) is 114 Å². The molecule has 24 heavy (non-hydrogen) atoms. The van der Waals surface area contributed by atoms with Gasteiger partial charge in [-0.1, -0.05) is 13.0 Å². The third kappa shape index (κ3) is 5.79. The molecule has 8 nitrogen and oxygen atoms in total. The van der Waals surface area contributed by atoms with Gasteiger partial charge in [-0.25, -0.2) is 9.59 Å². The molecule has 1 aromatic rings. The summed E-state index contributed by atoms with van der Waals surface area (Å²) in [6, 6.07) is 3.24. The average molecular weight is 338 g/mol. The number of ether oxygens (including phenoxy) is 2. The first-order chi connectivity index (χ1) is 11.4. The summed E-state index contributed by atoms with van der Waals surface area (Å²) in [5.74, 6) is -0.399. The number of aliphatic carboxylic acids is 1. The summed E-state index contributed by atoms with van der Waals surface area (Å²) in [4.78, 5) is 34.3. The van der Waals surface area contributed by atoms with Crippen LogP contribution in [0.25, 0.3) is 0 Å². The molecule has 0 aliphatic carbocycles. The van der Waals surface area contributed by atoms with E-state index in [9.17, 15) is 14.4 Å². The van der Waals surface area contributed by atoms with Crippen molar-refractivity contribution in [2.24, 2.45) is 0 Å². The van der Waals surface area contributed by atoms with E-state index in [4.69, 9.17) is 14.6 Å². The number of carbonyl (C=O) groups excluding carboxylic acids is 2. The van der Waals surface area contributed by atoms with Crippen molar-refractivity contribution in [1.29, 1.82) is 0 Å². The lowest BCUT2D eigenvalue weighted by atomic mass is 10.1. The molecule has 1 unspecified atom stereocenters. The zero-order valence-corrected chi connectivity index (χ0v) is 13.9. The van der Waals surface area contributed by atoms with Gasteiger partial charge in [0.1, 0.15) is 11.8 Å². The Morgan fingerprint density at radius 1 is 1.17 bits per heavy atom. The number of carbonyl (C=O) groups is 3. The molecule has 0 spiro atoms. The monoisotopic (exact) mass is 338 g/mol. The van der Waals surface area contributed by atoms with Crippen LogP contribution in [0.1, 0.15) is 25.3 Å². The Balaban J connectivity index is 2.61. The molecular weight excluding hydrogens is 316 g/mol. The Labute approximate surface area is 140 Å². The minimum atomic E-state index is -1.25. The van der Waals surface area contributed by atoms with Gasteiger partial charge in [-0.3, -0.25) is 4.79 Å². The van der Waals surface area contributed by atoms with E-state index >= 15 is 0 Å². The van der Waals surface area contributed by atoms with Gasteiger partial charge < -0.3 is 25.2 Å². The molecule has 0 saturated heterocycles. The summed E-state index contributed by atoms with van der Waals surface area (Å²) in [5, 5.41) is 13.9. The highest BCUT2D eigenvalue weighted by atomic mass is 16.5. The van der Waals surface area contributed by atoms with Crippen LogP contribution in [0.4, 0.5) is 4.79 Å². The molecule has 1 aromatic carbocycles. The van der Waals surface area contributed by atoms with E-state index in [0.29, 0.717) is 11.5 Å². The number of urea groups is 1. The number of methoxy groups -OCH3 is 2. The molecule has 0 aromatic heterocycles. The first-order valence-corrected chi connectivity index (χ1v) is 7.41. The van der Waals surface area contributed by atoms with Crippen LogP contribution >= 0.6 is 0 Å². The first-order valence-electron chi connectivity index (χ1n) is 7.41. The fraction of sp³-hybridized carbons (Fsp3) is 0.438. The zero-order chi connectivity index (χ0) is 18.1. The Hall–Kier alpha value is -2.77. The second-order valence-corrected chi connectivity index (χ2v) is 5.00. The molecule has 0 aliphatic rings. The molecule has 0 bridgehead atoms. The Morgan fingerprint density at radius 2 is 1.83 bits per heavy atom. The fourth-order valence-electron chi connectivity index (χ4n) is 1.95. The smallest absolute Gasteiger partial charge is 0.326 e. The Kier molecular flexibility index (Phi) is 7.54. The number of benzene rings is 1. The van der Waals surface area contributed by atoms with E-state index in [1.165, 1.54) is 14.2 Å². The van der Waals surface area contributed by atoms with Crippen LogP contribution in [0.15, 0.2) is 18.2 Å². The SMILES string of the molecule is CCC(=O)CC(NC(=O)NCc1ccc(OC)c(OC)c1)C(=O)O. The summed E-state index contributed by atoms with van der Waals surface area (Å²) in [5.41, 5.74) is 0.749. The molecule has 1 rings (SSSR count). The van der Waals surface area contributed by atoms with Gasteiger partial charge in [-0.2, -0.15) is 0 Å². The molecule has 0 fully saturated rings. The van der Waals surface area contributed by atoms with Gasteiger partial charge in [0.05, 0.1) is 14.2 Å². The van der Waals surface area contributed by atoms with Gasteiger partial charge in [-0.15, -0.1) is 0 Å². The fourth-order valence-corrected chi connectivity index (χ4v) is 1.95. The maximum atomic E-state index is 11.8. The van der Waals surface area contributed by atoms with Crippen LogP contribution in [0.5, 0.6) is 11.5 Å². The average Bonchev–Trinajstić information content (AvgIpc) is 2.58. The lowest BCUT2D eigenvalue weighted by molar-refractivity contribution is -0.140. The van der Waals surface area contributed by atoms with E-state index < -0.39 is 18.0 Å². The molecule has 2 amide bonds. The van der Waals surface area contributed by atoms with Crippen LogP contribution < -0.4 is 20.1 Å². The van der Waals surface area contributed by atoms with Crippen LogP contribution in [0, 0.1) is 0 Å². The summed E-state index contributed by atoms with van der Waals surface area (Å²) in [6.45, 7) is 1.80. The second-order valence-electron chi connectivity index (χ2n) is 5.00. The molecule has 8 heteroatoms. The van der Waals surface area contributed by atoms with Crippen molar-refractivity contribution in [2.45, 2.75) is 32.4 Å². The van der Waals surface area contributed by atoms with Gasteiger partial charge in [-0.05, 0) is 17.7 Å². The predicted octanol–water partition coefficient (Wildman–Crippen LogP) is 1.33. The molecule has 132 valence electrons. The third-order valence-electron chi connectivity index (χ3n) is 3.33. The Morgan fingerprint density at radius 3 is 2.38 bits per heavy atom. The van der Waals surface area contributed by atoms with Crippen LogP contribution in [-0.4, -0.2) is 43.2 Å². The molecular formula is C16H22N2O6. The first kappa shape index (κ1) is 19.3. The number of nitrogens with one attached hydrogen (secondary N) is 2. The number of hydrogen-bond donors (Lipinski definition) is 3. The predicted molar refractivity (Wildman–Crippen MR) is 86.3 cm³/mol. The van der Waals surface area contributed by atoms with E-state index in [1.54, 1.807) is 25.1 Å². The maximum Gasteiger partial charge on any atom is 0.326 e. The van der Waals surface area contributed by atoms with Crippen molar-refractivity contribution in [2.75, 3.05) is 14.2 Å². The van der Waals surface area contributed by atoms with Gasteiger partial charge in [0.2, 0.25) is 0 Å². The van der Waals surface area contributed by atoms with Crippen molar-refractivity contribution >= 4 is 17.8 Å². The standard InChI is InChI=1S/C16H22N2O6/c1-4-11(19)8-12(15(20)21)18-16(22)17-9-10-5-6-13(23-2)14(7-10)24-3/h5-7,12H,4,8-9H2,1-3H3,(H,20,21)(H2,17,18,22). The highest BCUT2D eigenvalue weighted by molar-refractivity contribution is 5.88. The van der Waals surface area contributed by atoms with E-state index in [-0.39, 0.29) is 25.2 Å². The Bertz CT molecular complexity index is 602. The highest BCUT2D eigenvalue weighted by Gasteiger charge is 2.22. The molecule has 1 atom stereocenters. The largest absolute Gasteiger partial charge is 0.493 e. The third-order valence-corrected chi connectivity index (χ3v) is 3.33. The minimum absolute atomic E-state index is 0.167. The zero-order valence-electron chi connectivity index (χ0n) is 13.9. The number of carboxylic acid groups (broad SMARTS) is 1. The summed E-state index contributed by atoms with van der Waals surface area (Å²) < 4.78 is 10.3. The van der Waals surface area contributed by atoms with Crippen molar-refractivity contribution in [3.05, 3.63) is 23.8 Å². The van der Waals surface area contributed by atoms with Crippen molar-refractivity contribution in [3.63, 3.8) is 0 Å². The van der Waals surface area contributed by atoms with Crippen molar-refractivity contribution in [3.8, 4) is 11.5 Å². The van der Waals surface area contributed by atoms with Gasteiger partial charge in [0, 0.05) is 19.4 Å². The highest BCUT2D eigenvalue weighted by Crippen LogP contribution is 2.27. The normalized spacial score (nSPS) is 11.3. The second kappa shape index (κ2) is 9.39. The van der Waals surface area contributed by atoms with Gasteiger partial charge >= 0.3 is 12.0 Å². The van der Waals surface area contributed by atoms with Crippen molar-refractivity contribution in [1.82, 2.24) is 10.6 Å². The van der Waals surface area contributed by atoms with Crippen molar-refractivity contribution < 1.29 is 29.0 Å². The number of amides is 2. The number of Topliss-reactive ketones (excluding diaryl/α,β-unsaturated/α-hetero) is 1. The van der Waals surface area contributed by atoms with Crippen LogP contribution in [0.3, 0.4) is 0 Å². The number of ketones is 1. The van der Waals surface area contributed by atoms with Gasteiger partial charge in [0.15, 0.2) is 11.5 Å². The number of carboxylic acids is 1. The van der Waals surface area contributed by atoms with E-state index in [2.05, 4.69) is 10.6 Å². The molecule has 3 N–H and O–H groups in total. The molecule has 0 saturated carbocycles. The van der Waals surface area contributed by atoms with Crippen LogP contribution in [-0.2, 0) is 16.1 Å². The number of rotatable bonds is 9. The summed E-state index contributed by atoms with van der Waals surface area (Å²) >= 11 is 0. The molecule has 0 heterocycles. The maximum absolute atomic E-state index is 11.8. The van der Waals surface area contributed by atoms with Crippen LogP contribution in [0.2, 0.25) is 0 Å². The number of hydrogen-bond acceptors (Lipinski definition) is 5. The quantitative estimate of drug-likeness (QED) is 0.626.